The van der Waals surface area contributed by atoms with Crippen LogP contribution in [0, 0.1) is 0 Å². The van der Waals surface area contributed by atoms with Crippen LogP contribution in [0.3, 0.4) is 0 Å². The van der Waals surface area contributed by atoms with Gasteiger partial charge in [-0.3, -0.25) is 9.69 Å². The lowest BCUT2D eigenvalue weighted by Gasteiger charge is -2.26. The maximum Gasteiger partial charge on any atom is 0.410 e. The van der Waals surface area contributed by atoms with E-state index in [-0.39, 0.29) is 6.54 Å². The third kappa shape index (κ3) is 8.30. The third-order valence-electron chi connectivity index (χ3n) is 1.81. The van der Waals surface area contributed by atoms with Gasteiger partial charge in [-0.25, -0.2) is 4.79 Å². The van der Waals surface area contributed by atoms with Crippen molar-refractivity contribution >= 4 is 12.1 Å². The standard InChI is InChI=1S/C12H21NO4/c1-5-6-7-8-13(9-10(14)15)11(16)17-12(2,3)4/h5H,1,6-9H2,2-4H3,(H,14,15). The summed E-state index contributed by atoms with van der Waals surface area (Å²) in [5, 5.41) is 8.72. The molecule has 0 unspecified atom stereocenters. The molecule has 0 saturated heterocycles. The fourth-order valence-electron chi connectivity index (χ4n) is 1.15. The van der Waals surface area contributed by atoms with Crippen molar-refractivity contribution in [2.45, 2.75) is 39.2 Å². The summed E-state index contributed by atoms with van der Waals surface area (Å²) in [7, 11) is 0. The van der Waals surface area contributed by atoms with E-state index in [9.17, 15) is 9.59 Å². The van der Waals surface area contributed by atoms with Crippen LogP contribution in [0.25, 0.3) is 0 Å². The second-order valence-electron chi connectivity index (χ2n) is 4.73. The van der Waals surface area contributed by atoms with Crippen LogP contribution < -0.4 is 0 Å². The number of ether oxygens (including phenoxy) is 1. The van der Waals surface area contributed by atoms with Crippen molar-refractivity contribution in [1.29, 1.82) is 0 Å². The molecule has 1 N–H and O–H groups in total. The van der Waals surface area contributed by atoms with Crippen LogP contribution in [0.5, 0.6) is 0 Å². The summed E-state index contributed by atoms with van der Waals surface area (Å²) >= 11 is 0. The van der Waals surface area contributed by atoms with Crippen molar-refractivity contribution in [2.75, 3.05) is 13.1 Å². The van der Waals surface area contributed by atoms with E-state index in [1.165, 1.54) is 4.90 Å². The number of carbonyl (C=O) groups is 2. The minimum Gasteiger partial charge on any atom is -0.480 e. The summed E-state index contributed by atoms with van der Waals surface area (Å²) in [6, 6.07) is 0. The van der Waals surface area contributed by atoms with Gasteiger partial charge in [0.05, 0.1) is 0 Å². The lowest BCUT2D eigenvalue weighted by atomic mass is 10.2. The van der Waals surface area contributed by atoms with Gasteiger partial charge in [0.2, 0.25) is 0 Å². The highest BCUT2D eigenvalue weighted by Crippen LogP contribution is 2.10. The Morgan fingerprint density at radius 1 is 1.41 bits per heavy atom. The molecule has 0 heterocycles. The molecule has 0 radical (unpaired) electrons. The molecular weight excluding hydrogens is 222 g/mol. The predicted molar refractivity (Wildman–Crippen MR) is 64.9 cm³/mol. The minimum absolute atomic E-state index is 0.341. The monoisotopic (exact) mass is 243 g/mol. The first-order chi connectivity index (χ1) is 7.76. The number of carboxylic acids is 1. The molecule has 0 aliphatic carbocycles. The average Bonchev–Trinajstić information content (AvgIpc) is 2.13. The van der Waals surface area contributed by atoms with Gasteiger partial charge in [0.15, 0.2) is 0 Å². The molecule has 0 spiro atoms. The summed E-state index contributed by atoms with van der Waals surface area (Å²) in [5.74, 6) is -1.05. The highest BCUT2D eigenvalue weighted by Gasteiger charge is 2.23. The van der Waals surface area contributed by atoms with E-state index in [1.807, 2.05) is 0 Å². The molecule has 0 aromatic rings. The number of unbranched alkanes of at least 4 members (excludes halogenated alkanes) is 1. The summed E-state index contributed by atoms with van der Waals surface area (Å²) in [4.78, 5) is 23.5. The molecule has 0 fully saturated rings. The van der Waals surface area contributed by atoms with Gasteiger partial charge in [0.25, 0.3) is 0 Å². The molecule has 98 valence electrons. The topological polar surface area (TPSA) is 66.8 Å². The molecule has 0 aromatic carbocycles. The van der Waals surface area contributed by atoms with E-state index in [0.29, 0.717) is 13.0 Å². The highest BCUT2D eigenvalue weighted by molar-refractivity contribution is 5.76. The molecule has 0 rings (SSSR count). The number of carbonyl (C=O) groups excluding carboxylic acids is 1. The van der Waals surface area contributed by atoms with Crippen LogP contribution in [-0.4, -0.2) is 40.8 Å². The van der Waals surface area contributed by atoms with E-state index in [1.54, 1.807) is 26.8 Å². The Kier molecular flexibility index (Phi) is 6.31. The second-order valence-corrected chi connectivity index (χ2v) is 4.73. The van der Waals surface area contributed by atoms with E-state index < -0.39 is 17.7 Å². The predicted octanol–water partition coefficient (Wildman–Crippen LogP) is 2.27. The number of hydrogen-bond acceptors (Lipinski definition) is 3. The summed E-state index contributed by atoms with van der Waals surface area (Å²) in [6.07, 6.45) is 2.55. The molecule has 0 saturated carbocycles. The quantitative estimate of drug-likeness (QED) is 0.574. The van der Waals surface area contributed by atoms with Crippen molar-refractivity contribution < 1.29 is 19.4 Å². The van der Waals surface area contributed by atoms with Gasteiger partial charge >= 0.3 is 12.1 Å². The molecule has 0 atom stereocenters. The normalized spacial score (nSPS) is 10.8. The fourth-order valence-corrected chi connectivity index (χ4v) is 1.15. The Morgan fingerprint density at radius 3 is 2.41 bits per heavy atom. The molecule has 0 bridgehead atoms. The minimum atomic E-state index is -1.05. The van der Waals surface area contributed by atoms with Gasteiger partial charge in [-0.05, 0) is 33.6 Å². The Balaban J connectivity index is 4.39. The lowest BCUT2D eigenvalue weighted by molar-refractivity contribution is -0.138. The van der Waals surface area contributed by atoms with Crippen LogP contribution in [0.2, 0.25) is 0 Å². The maximum atomic E-state index is 11.7. The van der Waals surface area contributed by atoms with Gasteiger partial charge in [0, 0.05) is 6.54 Å². The zero-order chi connectivity index (χ0) is 13.5. The molecule has 0 aromatic heterocycles. The number of carboxylic acid groups (broad SMARTS) is 1. The first-order valence-electron chi connectivity index (χ1n) is 5.57. The second kappa shape index (κ2) is 6.93. The first-order valence-corrected chi connectivity index (χ1v) is 5.57. The Labute approximate surface area is 102 Å². The smallest absolute Gasteiger partial charge is 0.410 e. The summed E-state index contributed by atoms with van der Waals surface area (Å²) in [5.41, 5.74) is -0.619. The molecule has 5 nitrogen and oxygen atoms in total. The van der Waals surface area contributed by atoms with Crippen molar-refractivity contribution in [3.8, 4) is 0 Å². The van der Waals surface area contributed by atoms with E-state index >= 15 is 0 Å². The number of amides is 1. The van der Waals surface area contributed by atoms with Crippen molar-refractivity contribution in [3.63, 3.8) is 0 Å². The summed E-state index contributed by atoms with van der Waals surface area (Å²) < 4.78 is 5.13. The number of nitrogens with zero attached hydrogens (tertiary/aromatic N) is 1. The average molecular weight is 243 g/mol. The first kappa shape index (κ1) is 15.5. The Bertz CT molecular complexity index is 281. The third-order valence-corrected chi connectivity index (χ3v) is 1.81. The van der Waals surface area contributed by atoms with Crippen LogP contribution in [0.15, 0.2) is 12.7 Å². The number of aliphatic carboxylic acids is 1. The molecular formula is C12H21NO4. The zero-order valence-corrected chi connectivity index (χ0v) is 10.7. The van der Waals surface area contributed by atoms with E-state index in [0.717, 1.165) is 6.42 Å². The van der Waals surface area contributed by atoms with E-state index in [2.05, 4.69) is 6.58 Å². The van der Waals surface area contributed by atoms with Crippen molar-refractivity contribution in [2.24, 2.45) is 0 Å². The Hall–Kier alpha value is -1.52. The Morgan fingerprint density at radius 2 is 2.00 bits per heavy atom. The van der Waals surface area contributed by atoms with Crippen LogP contribution in [-0.2, 0) is 9.53 Å². The van der Waals surface area contributed by atoms with Gasteiger partial charge in [0.1, 0.15) is 12.1 Å². The molecule has 17 heavy (non-hydrogen) atoms. The van der Waals surface area contributed by atoms with Gasteiger partial charge in [-0.1, -0.05) is 6.08 Å². The van der Waals surface area contributed by atoms with Gasteiger partial charge < -0.3 is 9.84 Å². The largest absolute Gasteiger partial charge is 0.480 e. The van der Waals surface area contributed by atoms with Crippen LogP contribution >= 0.6 is 0 Å². The molecule has 1 amide bonds. The SMILES string of the molecule is C=CCCCN(CC(=O)O)C(=O)OC(C)(C)C. The lowest BCUT2D eigenvalue weighted by Crippen LogP contribution is -2.40. The van der Waals surface area contributed by atoms with Gasteiger partial charge in [-0.2, -0.15) is 0 Å². The number of hydrogen-bond donors (Lipinski definition) is 1. The molecule has 0 aliphatic rings. The number of allylic oxidation sites excluding steroid dienone is 1. The highest BCUT2D eigenvalue weighted by atomic mass is 16.6. The van der Waals surface area contributed by atoms with Crippen LogP contribution in [0.4, 0.5) is 4.79 Å². The van der Waals surface area contributed by atoms with E-state index in [4.69, 9.17) is 9.84 Å². The maximum absolute atomic E-state index is 11.7. The van der Waals surface area contributed by atoms with Crippen LogP contribution in [0.1, 0.15) is 33.6 Å². The summed E-state index contributed by atoms with van der Waals surface area (Å²) in [6.45, 7) is 8.82. The van der Waals surface area contributed by atoms with Crippen molar-refractivity contribution in [3.05, 3.63) is 12.7 Å². The molecule has 0 aliphatic heterocycles. The zero-order valence-electron chi connectivity index (χ0n) is 10.7. The number of rotatable bonds is 6. The van der Waals surface area contributed by atoms with Gasteiger partial charge in [-0.15, -0.1) is 6.58 Å². The molecule has 5 heteroatoms. The fraction of sp³-hybridized carbons (Fsp3) is 0.667. The van der Waals surface area contributed by atoms with Crippen molar-refractivity contribution in [1.82, 2.24) is 4.90 Å².